The molecule has 0 saturated heterocycles. The Hall–Kier alpha value is -4.83. The third kappa shape index (κ3) is 9.00. The number of methoxy groups -OCH3 is 2. The third-order valence-electron chi connectivity index (χ3n) is 8.92. The maximum Gasteiger partial charge on any atom is 0.264 e. The summed E-state index contributed by atoms with van der Waals surface area (Å²) < 4.78 is 40.6. The van der Waals surface area contributed by atoms with Crippen molar-refractivity contribution in [2.24, 2.45) is 0 Å². The third-order valence-corrected chi connectivity index (χ3v) is 10.7. The lowest BCUT2D eigenvalue weighted by Gasteiger charge is -2.35. The molecular formula is C39H45N3O6S. The summed E-state index contributed by atoms with van der Waals surface area (Å²) in [5, 5.41) is 3.25. The van der Waals surface area contributed by atoms with E-state index in [1.165, 1.54) is 37.3 Å². The number of anilines is 1. The molecule has 4 aromatic rings. The van der Waals surface area contributed by atoms with Gasteiger partial charge in [-0.3, -0.25) is 13.9 Å². The monoisotopic (exact) mass is 683 g/mol. The summed E-state index contributed by atoms with van der Waals surface area (Å²) in [5.74, 6) is -0.0416. The van der Waals surface area contributed by atoms with E-state index in [1.54, 1.807) is 30.3 Å². The zero-order chi connectivity index (χ0) is 34.8. The summed E-state index contributed by atoms with van der Waals surface area (Å²) in [6.45, 7) is 1.53. The van der Waals surface area contributed by atoms with Crippen LogP contribution in [0.5, 0.6) is 11.5 Å². The Bertz CT molecular complexity index is 1810. The first-order valence-electron chi connectivity index (χ1n) is 16.7. The number of sulfonamides is 1. The summed E-state index contributed by atoms with van der Waals surface area (Å²) in [7, 11) is -1.29. The molecule has 1 atom stereocenters. The number of hydrogen-bond donors (Lipinski definition) is 1. The number of ether oxygens (including phenoxy) is 2. The number of nitrogens with one attached hydrogen (secondary N) is 1. The highest BCUT2D eigenvalue weighted by Crippen LogP contribution is 2.34. The van der Waals surface area contributed by atoms with Gasteiger partial charge in [0.15, 0.2) is 11.5 Å². The molecule has 9 nitrogen and oxygen atoms in total. The fourth-order valence-corrected chi connectivity index (χ4v) is 7.76. The number of aryl methyl sites for hydroxylation is 1. The molecule has 1 fully saturated rings. The van der Waals surface area contributed by atoms with Gasteiger partial charge in [-0.05, 0) is 55.2 Å². The molecule has 0 spiro atoms. The van der Waals surface area contributed by atoms with Crippen LogP contribution in [-0.4, -0.2) is 58.0 Å². The number of carbonyl (C=O) groups excluding carboxylic acids is 2. The quantitative estimate of drug-likeness (QED) is 0.167. The van der Waals surface area contributed by atoms with Crippen LogP contribution >= 0.6 is 0 Å². The second kappa shape index (κ2) is 16.5. The summed E-state index contributed by atoms with van der Waals surface area (Å²) >= 11 is 0. The fourth-order valence-electron chi connectivity index (χ4n) is 6.33. The molecule has 1 N–H and O–H groups in total. The Balaban J connectivity index is 1.59. The Labute approximate surface area is 289 Å². The number of amides is 2. The van der Waals surface area contributed by atoms with Crippen molar-refractivity contribution in [3.8, 4) is 11.5 Å². The Kier molecular flexibility index (Phi) is 12.0. The van der Waals surface area contributed by atoms with Crippen molar-refractivity contribution in [1.82, 2.24) is 10.2 Å². The average Bonchev–Trinajstić information content (AvgIpc) is 3.12. The van der Waals surface area contributed by atoms with Crippen LogP contribution in [0, 0.1) is 6.92 Å². The van der Waals surface area contributed by atoms with Crippen LogP contribution in [0.15, 0.2) is 108 Å². The zero-order valence-electron chi connectivity index (χ0n) is 28.4. The molecule has 0 unspecified atom stereocenters. The standard InChI is InChI=1S/C39H45N3O6S/c1-29-14-13-17-31(24-29)27-41(35(25-30-15-7-4-8-16-30)39(44)40-32-18-9-5-10-19-32)38(43)28-42(49(45,46)34-20-11-6-12-21-34)33-22-23-36(47-2)37(26-33)48-3/h4,6-8,11-17,20-24,26,32,35H,5,9-10,18-19,25,27-28H2,1-3H3,(H,40,44)/t35-/m0/s1. The van der Waals surface area contributed by atoms with Gasteiger partial charge in [-0.1, -0.05) is 97.6 Å². The molecular weight excluding hydrogens is 639 g/mol. The molecule has 0 bridgehead atoms. The highest BCUT2D eigenvalue weighted by molar-refractivity contribution is 7.92. The molecule has 49 heavy (non-hydrogen) atoms. The van der Waals surface area contributed by atoms with Gasteiger partial charge >= 0.3 is 0 Å². The van der Waals surface area contributed by atoms with Crippen LogP contribution in [-0.2, 0) is 32.6 Å². The highest BCUT2D eigenvalue weighted by Gasteiger charge is 2.35. The van der Waals surface area contributed by atoms with E-state index in [9.17, 15) is 18.0 Å². The van der Waals surface area contributed by atoms with Crippen molar-refractivity contribution < 1.29 is 27.5 Å². The van der Waals surface area contributed by atoms with Gasteiger partial charge in [0.05, 0.1) is 24.8 Å². The predicted molar refractivity (Wildman–Crippen MR) is 191 cm³/mol. The molecule has 1 aliphatic rings. The van der Waals surface area contributed by atoms with Crippen LogP contribution in [0.1, 0.15) is 48.8 Å². The largest absolute Gasteiger partial charge is 0.493 e. The minimum absolute atomic E-state index is 0.0252. The minimum atomic E-state index is -4.25. The Morgan fingerprint density at radius 3 is 2.10 bits per heavy atom. The lowest BCUT2D eigenvalue weighted by atomic mass is 9.94. The van der Waals surface area contributed by atoms with E-state index in [1.807, 2.05) is 61.5 Å². The van der Waals surface area contributed by atoms with Crippen LogP contribution in [0.25, 0.3) is 0 Å². The van der Waals surface area contributed by atoms with Crippen molar-refractivity contribution >= 4 is 27.5 Å². The van der Waals surface area contributed by atoms with E-state index in [0.29, 0.717) is 11.5 Å². The number of rotatable bonds is 14. The lowest BCUT2D eigenvalue weighted by molar-refractivity contribution is -0.140. The van der Waals surface area contributed by atoms with E-state index in [-0.39, 0.29) is 35.5 Å². The van der Waals surface area contributed by atoms with E-state index < -0.39 is 28.5 Å². The van der Waals surface area contributed by atoms with Crippen LogP contribution < -0.4 is 19.1 Å². The SMILES string of the molecule is COc1ccc(N(CC(=O)N(Cc2cccc(C)c2)[C@@H](Cc2ccccc2)C(=O)NC2CCCCC2)S(=O)(=O)c2ccccc2)cc1OC. The van der Waals surface area contributed by atoms with Gasteiger partial charge in [0.1, 0.15) is 12.6 Å². The van der Waals surface area contributed by atoms with Crippen molar-refractivity contribution in [2.75, 3.05) is 25.1 Å². The molecule has 0 radical (unpaired) electrons. The van der Waals surface area contributed by atoms with Crippen LogP contribution in [0.2, 0.25) is 0 Å². The van der Waals surface area contributed by atoms with Gasteiger partial charge in [-0.25, -0.2) is 8.42 Å². The molecule has 10 heteroatoms. The van der Waals surface area contributed by atoms with Gasteiger partial charge < -0.3 is 19.7 Å². The Morgan fingerprint density at radius 2 is 1.45 bits per heavy atom. The van der Waals surface area contributed by atoms with Gasteiger partial charge in [0.25, 0.3) is 10.0 Å². The molecule has 0 aliphatic heterocycles. The van der Waals surface area contributed by atoms with E-state index >= 15 is 0 Å². The molecule has 4 aromatic carbocycles. The Morgan fingerprint density at radius 1 is 0.796 bits per heavy atom. The van der Waals surface area contributed by atoms with E-state index in [4.69, 9.17) is 9.47 Å². The van der Waals surface area contributed by atoms with Gasteiger partial charge in [-0.2, -0.15) is 0 Å². The smallest absolute Gasteiger partial charge is 0.264 e. The van der Waals surface area contributed by atoms with Crippen molar-refractivity contribution in [2.45, 2.75) is 69.0 Å². The number of carbonyl (C=O) groups is 2. The zero-order valence-corrected chi connectivity index (χ0v) is 29.2. The highest BCUT2D eigenvalue weighted by atomic mass is 32.2. The molecule has 0 heterocycles. The number of benzene rings is 4. The van der Waals surface area contributed by atoms with Crippen molar-refractivity contribution in [3.05, 3.63) is 120 Å². The second-order valence-corrected chi connectivity index (χ2v) is 14.3. The minimum Gasteiger partial charge on any atom is -0.493 e. The lowest BCUT2D eigenvalue weighted by Crippen LogP contribution is -2.55. The van der Waals surface area contributed by atoms with Crippen molar-refractivity contribution in [3.63, 3.8) is 0 Å². The first-order chi connectivity index (χ1) is 23.7. The van der Waals surface area contributed by atoms with Crippen molar-refractivity contribution in [1.29, 1.82) is 0 Å². The van der Waals surface area contributed by atoms with Crippen LogP contribution in [0.4, 0.5) is 5.69 Å². The summed E-state index contributed by atoms with van der Waals surface area (Å²) in [6, 6.07) is 29.2. The molecule has 1 aliphatic carbocycles. The van der Waals surface area contributed by atoms with E-state index in [2.05, 4.69) is 5.32 Å². The molecule has 258 valence electrons. The maximum atomic E-state index is 14.8. The molecule has 5 rings (SSSR count). The molecule has 1 saturated carbocycles. The summed E-state index contributed by atoms with van der Waals surface area (Å²) in [5.41, 5.74) is 2.95. The fraction of sp³-hybridized carbons (Fsp3) is 0.333. The molecule has 0 aromatic heterocycles. The predicted octanol–water partition coefficient (Wildman–Crippen LogP) is 6.30. The average molecular weight is 684 g/mol. The van der Waals surface area contributed by atoms with Gasteiger partial charge in [-0.15, -0.1) is 0 Å². The molecule has 2 amide bonds. The van der Waals surface area contributed by atoms with Gasteiger partial charge in [0.2, 0.25) is 11.8 Å². The second-order valence-electron chi connectivity index (χ2n) is 12.4. The number of hydrogen-bond acceptors (Lipinski definition) is 6. The first-order valence-corrected chi connectivity index (χ1v) is 18.1. The van der Waals surface area contributed by atoms with Gasteiger partial charge in [0, 0.05) is 25.1 Å². The summed E-state index contributed by atoms with van der Waals surface area (Å²) in [6.07, 6.45) is 5.25. The maximum absolute atomic E-state index is 14.8. The van der Waals surface area contributed by atoms with E-state index in [0.717, 1.165) is 53.1 Å². The topological polar surface area (TPSA) is 105 Å². The summed E-state index contributed by atoms with van der Waals surface area (Å²) in [4.78, 5) is 30.6. The normalized spacial score (nSPS) is 14.0. The van der Waals surface area contributed by atoms with Crippen LogP contribution in [0.3, 0.4) is 0 Å². The first kappa shape index (κ1) is 35.5. The number of nitrogens with zero attached hydrogens (tertiary/aromatic N) is 2.